The van der Waals surface area contributed by atoms with Gasteiger partial charge >= 0.3 is 0 Å². The Hall–Kier alpha value is -2.45. The quantitative estimate of drug-likeness (QED) is 0.481. The van der Waals surface area contributed by atoms with Crippen molar-refractivity contribution >= 4 is 23.1 Å². The highest BCUT2D eigenvalue weighted by Gasteiger charge is 2.07. The van der Waals surface area contributed by atoms with Gasteiger partial charge in [-0.05, 0) is 24.6 Å². The molecule has 0 saturated carbocycles. The van der Waals surface area contributed by atoms with Gasteiger partial charge in [0, 0.05) is 11.1 Å². The third kappa shape index (κ3) is 3.41. The van der Waals surface area contributed by atoms with Crippen LogP contribution in [0.15, 0.2) is 77.8 Å². The molecule has 22 heavy (non-hydrogen) atoms. The summed E-state index contributed by atoms with van der Waals surface area (Å²) in [7, 11) is 0. The van der Waals surface area contributed by atoms with Gasteiger partial charge in [-0.2, -0.15) is 0 Å². The van der Waals surface area contributed by atoms with Crippen molar-refractivity contribution in [1.82, 2.24) is 4.98 Å². The molecule has 3 heteroatoms. The van der Waals surface area contributed by atoms with E-state index in [1.54, 1.807) is 0 Å². The number of aromatic nitrogens is 1. The monoisotopic (exact) mass is 306 g/mol. The molecule has 0 saturated heterocycles. The van der Waals surface area contributed by atoms with Crippen molar-refractivity contribution in [2.45, 2.75) is 6.92 Å². The van der Waals surface area contributed by atoms with Gasteiger partial charge in [0.05, 0.1) is 5.71 Å². The normalized spacial score (nSPS) is 10.3. The minimum atomic E-state index is 0.458. The molecule has 0 spiro atoms. The van der Waals surface area contributed by atoms with Gasteiger partial charge in [-0.1, -0.05) is 72.3 Å². The van der Waals surface area contributed by atoms with E-state index in [1.165, 1.54) is 0 Å². The number of rotatable bonds is 3. The molecule has 0 aliphatic carbocycles. The van der Waals surface area contributed by atoms with Crippen LogP contribution >= 0.6 is 11.6 Å². The zero-order chi connectivity index (χ0) is 15.4. The van der Waals surface area contributed by atoms with Crippen molar-refractivity contribution in [1.29, 1.82) is 0 Å². The van der Waals surface area contributed by atoms with Crippen molar-refractivity contribution < 1.29 is 0 Å². The molecular formula is C19H15ClN2. The van der Waals surface area contributed by atoms with Crippen LogP contribution < -0.4 is 0 Å². The third-order valence-corrected chi connectivity index (χ3v) is 3.44. The number of aliphatic imine (C=N–C) groups is 1. The van der Waals surface area contributed by atoms with Crippen molar-refractivity contribution in [2.75, 3.05) is 0 Å². The van der Waals surface area contributed by atoms with E-state index in [1.807, 2.05) is 79.7 Å². The second kappa shape index (κ2) is 6.54. The summed E-state index contributed by atoms with van der Waals surface area (Å²) in [6, 6.07) is 23.9. The second-order valence-electron chi connectivity index (χ2n) is 5.02. The Labute approximate surface area is 135 Å². The van der Waals surface area contributed by atoms with Crippen LogP contribution in [0, 0.1) is 6.92 Å². The molecule has 2 aromatic carbocycles. The van der Waals surface area contributed by atoms with Gasteiger partial charge in [-0.25, -0.2) is 9.98 Å². The topological polar surface area (TPSA) is 25.2 Å². The highest BCUT2D eigenvalue weighted by molar-refractivity contribution is 6.29. The van der Waals surface area contributed by atoms with Crippen LogP contribution in [0.25, 0.3) is 0 Å². The van der Waals surface area contributed by atoms with E-state index in [9.17, 15) is 0 Å². The molecule has 0 aliphatic rings. The molecule has 108 valence electrons. The summed E-state index contributed by atoms with van der Waals surface area (Å²) in [6.07, 6.45) is 0. The van der Waals surface area contributed by atoms with Crippen LogP contribution in [0.2, 0.25) is 5.15 Å². The maximum atomic E-state index is 6.05. The highest BCUT2D eigenvalue weighted by Crippen LogP contribution is 2.20. The lowest BCUT2D eigenvalue weighted by Crippen LogP contribution is -2.02. The summed E-state index contributed by atoms with van der Waals surface area (Å²) in [6.45, 7) is 1.98. The first-order valence-electron chi connectivity index (χ1n) is 7.06. The lowest BCUT2D eigenvalue weighted by molar-refractivity contribution is 1.24. The van der Waals surface area contributed by atoms with Crippen LogP contribution in [0.3, 0.4) is 0 Å². The maximum Gasteiger partial charge on any atom is 0.154 e. The van der Waals surface area contributed by atoms with Crippen LogP contribution in [0.4, 0.5) is 5.82 Å². The van der Waals surface area contributed by atoms with Gasteiger partial charge < -0.3 is 0 Å². The maximum absolute atomic E-state index is 6.05. The first kappa shape index (κ1) is 14.5. The van der Waals surface area contributed by atoms with Crippen molar-refractivity contribution in [2.24, 2.45) is 4.99 Å². The smallest absolute Gasteiger partial charge is 0.154 e. The average molecular weight is 307 g/mol. The zero-order valence-corrected chi connectivity index (χ0v) is 13.0. The Balaban J connectivity index is 2.15. The number of aryl methyl sites for hydroxylation is 1. The van der Waals surface area contributed by atoms with E-state index < -0.39 is 0 Å². The fourth-order valence-electron chi connectivity index (χ4n) is 2.27. The van der Waals surface area contributed by atoms with E-state index in [0.29, 0.717) is 11.0 Å². The van der Waals surface area contributed by atoms with Crippen LogP contribution in [0.1, 0.15) is 16.7 Å². The summed E-state index contributed by atoms with van der Waals surface area (Å²) >= 11 is 6.05. The number of nitrogens with zero attached hydrogens (tertiary/aromatic N) is 2. The largest absolute Gasteiger partial charge is 0.228 e. The fourth-order valence-corrected chi connectivity index (χ4v) is 2.53. The Morgan fingerprint density at radius 2 is 1.41 bits per heavy atom. The number of pyridine rings is 1. The minimum absolute atomic E-state index is 0.458. The number of halogens is 1. The predicted octanol–water partition coefficient (Wildman–Crippen LogP) is 5.21. The lowest BCUT2D eigenvalue weighted by atomic mass is 10.0. The average Bonchev–Trinajstić information content (AvgIpc) is 2.53. The summed E-state index contributed by atoms with van der Waals surface area (Å²) in [5, 5.41) is 0.458. The van der Waals surface area contributed by atoms with Crippen molar-refractivity contribution in [3.05, 3.63) is 94.6 Å². The number of benzene rings is 2. The predicted molar refractivity (Wildman–Crippen MR) is 92.2 cm³/mol. The molecule has 0 radical (unpaired) electrons. The molecular weight excluding hydrogens is 292 g/mol. The van der Waals surface area contributed by atoms with Crippen LogP contribution in [0.5, 0.6) is 0 Å². The first-order chi connectivity index (χ1) is 10.7. The van der Waals surface area contributed by atoms with Crippen LogP contribution in [-0.4, -0.2) is 10.7 Å². The van der Waals surface area contributed by atoms with Gasteiger partial charge in [-0.15, -0.1) is 0 Å². The fraction of sp³-hybridized carbons (Fsp3) is 0.0526. The molecule has 0 bridgehead atoms. The van der Waals surface area contributed by atoms with E-state index >= 15 is 0 Å². The molecule has 1 aromatic heterocycles. The standard InChI is InChI=1S/C19H15ClN2/c1-14-12-17(20)21-18(13-14)22-19(15-8-4-2-5-9-15)16-10-6-3-7-11-16/h2-13H,1H3. The molecule has 0 fully saturated rings. The molecule has 0 unspecified atom stereocenters. The summed E-state index contributed by atoms with van der Waals surface area (Å²) in [5.41, 5.74) is 4.02. The van der Waals surface area contributed by atoms with E-state index in [2.05, 4.69) is 4.98 Å². The van der Waals surface area contributed by atoms with Crippen molar-refractivity contribution in [3.63, 3.8) is 0 Å². The molecule has 0 N–H and O–H groups in total. The Kier molecular flexibility index (Phi) is 4.31. The molecule has 2 nitrogen and oxygen atoms in total. The van der Waals surface area contributed by atoms with Gasteiger partial charge in [0.25, 0.3) is 0 Å². The van der Waals surface area contributed by atoms with E-state index in [0.717, 1.165) is 22.4 Å². The molecule has 0 amide bonds. The van der Waals surface area contributed by atoms with E-state index in [4.69, 9.17) is 16.6 Å². The minimum Gasteiger partial charge on any atom is -0.228 e. The summed E-state index contributed by atoms with van der Waals surface area (Å²) in [4.78, 5) is 9.04. The summed E-state index contributed by atoms with van der Waals surface area (Å²) in [5.74, 6) is 0.618. The Morgan fingerprint density at radius 3 is 1.91 bits per heavy atom. The van der Waals surface area contributed by atoms with Crippen molar-refractivity contribution in [3.8, 4) is 0 Å². The SMILES string of the molecule is Cc1cc(Cl)nc(N=C(c2ccccc2)c2ccccc2)c1. The lowest BCUT2D eigenvalue weighted by Gasteiger charge is -2.08. The number of hydrogen-bond acceptors (Lipinski definition) is 2. The third-order valence-electron chi connectivity index (χ3n) is 3.25. The number of hydrogen-bond donors (Lipinski definition) is 0. The Morgan fingerprint density at radius 1 is 0.864 bits per heavy atom. The molecule has 1 heterocycles. The van der Waals surface area contributed by atoms with Gasteiger partial charge in [0.2, 0.25) is 0 Å². The zero-order valence-electron chi connectivity index (χ0n) is 12.2. The molecule has 0 aliphatic heterocycles. The highest BCUT2D eigenvalue weighted by atomic mass is 35.5. The van der Waals surface area contributed by atoms with Crippen LogP contribution in [-0.2, 0) is 0 Å². The molecule has 3 aromatic rings. The molecule has 3 rings (SSSR count). The first-order valence-corrected chi connectivity index (χ1v) is 7.44. The van der Waals surface area contributed by atoms with Gasteiger partial charge in [-0.3, -0.25) is 0 Å². The van der Waals surface area contributed by atoms with E-state index in [-0.39, 0.29) is 0 Å². The Bertz CT molecular complexity index is 734. The summed E-state index contributed by atoms with van der Waals surface area (Å²) < 4.78 is 0. The second-order valence-corrected chi connectivity index (χ2v) is 5.41. The van der Waals surface area contributed by atoms with Gasteiger partial charge in [0.1, 0.15) is 5.15 Å². The van der Waals surface area contributed by atoms with Gasteiger partial charge in [0.15, 0.2) is 5.82 Å². The molecule has 0 atom stereocenters.